The molecule has 0 saturated carbocycles. The number of aliphatic hydroxyl groups is 1. The Balaban J connectivity index is 2.36. The average molecular weight is 446 g/mol. The van der Waals surface area contributed by atoms with Crippen molar-refractivity contribution < 1.29 is 14.7 Å². The molecule has 1 atom stereocenters. The molecule has 0 fully saturated rings. The Morgan fingerprint density at radius 3 is 2.52 bits per heavy atom. The molecular formula is C26H39NO3S. The van der Waals surface area contributed by atoms with Gasteiger partial charge in [0, 0.05) is 18.6 Å². The van der Waals surface area contributed by atoms with E-state index in [4.69, 9.17) is 4.84 Å². The molecule has 0 aromatic heterocycles. The van der Waals surface area contributed by atoms with E-state index < -0.39 is 0 Å². The predicted octanol–water partition coefficient (Wildman–Crippen LogP) is 7.10. The van der Waals surface area contributed by atoms with Gasteiger partial charge in [0.25, 0.3) is 0 Å². The van der Waals surface area contributed by atoms with Crippen LogP contribution in [0.2, 0.25) is 0 Å². The Kier molecular flexibility index (Phi) is 10.1. The second-order valence-electron chi connectivity index (χ2n) is 8.49. The van der Waals surface area contributed by atoms with Crippen LogP contribution in [-0.4, -0.2) is 29.0 Å². The minimum Gasteiger partial charge on any atom is -0.511 e. The molecule has 0 bridgehead atoms. The lowest BCUT2D eigenvalue weighted by Crippen LogP contribution is -2.25. The van der Waals surface area contributed by atoms with Crippen molar-refractivity contribution in [2.75, 3.05) is 12.4 Å². The monoisotopic (exact) mass is 445 g/mol. The highest BCUT2D eigenvalue weighted by Gasteiger charge is 2.33. The van der Waals surface area contributed by atoms with Gasteiger partial charge >= 0.3 is 0 Å². The number of aliphatic hydroxyl groups excluding tert-OH is 1. The van der Waals surface area contributed by atoms with Crippen molar-refractivity contribution in [3.63, 3.8) is 0 Å². The van der Waals surface area contributed by atoms with Crippen LogP contribution in [0.15, 0.2) is 22.6 Å². The molecule has 1 aromatic rings. The molecule has 1 aromatic carbocycles. The van der Waals surface area contributed by atoms with Crippen LogP contribution in [-0.2, 0) is 15.4 Å². The molecule has 4 nitrogen and oxygen atoms in total. The first-order chi connectivity index (χ1) is 14.8. The molecule has 2 rings (SSSR count). The normalized spacial score (nSPS) is 17.4. The van der Waals surface area contributed by atoms with Gasteiger partial charge in [0.05, 0.1) is 11.3 Å². The van der Waals surface area contributed by atoms with Crippen LogP contribution >= 0.6 is 11.8 Å². The Labute approximate surface area is 192 Å². The summed E-state index contributed by atoms with van der Waals surface area (Å²) in [6.07, 6.45) is 4.80. The molecule has 5 heteroatoms. The maximum absolute atomic E-state index is 13.1. The van der Waals surface area contributed by atoms with Gasteiger partial charge < -0.3 is 9.94 Å². The highest BCUT2D eigenvalue weighted by Crippen LogP contribution is 2.39. The number of oxime groups is 1. The highest BCUT2D eigenvalue weighted by atomic mass is 32.2. The van der Waals surface area contributed by atoms with Gasteiger partial charge in [-0.25, -0.2) is 0 Å². The Morgan fingerprint density at radius 2 is 1.90 bits per heavy atom. The standard InChI is InChI=1S/C26H39NO3S/c1-7-10-12-31-16-21-17(4)13-18(5)25(19(21)6)20-14-23(28)26(24(29)15-20)22(11-8-2)27-30-9-3/h13,20,28H,7-12,14-16H2,1-6H3/b27-22+. The van der Waals surface area contributed by atoms with Crippen LogP contribution in [0.4, 0.5) is 0 Å². The molecule has 1 aliphatic carbocycles. The molecule has 31 heavy (non-hydrogen) atoms. The zero-order valence-corrected chi connectivity index (χ0v) is 21.0. The quantitative estimate of drug-likeness (QED) is 0.224. The summed E-state index contributed by atoms with van der Waals surface area (Å²) in [4.78, 5) is 18.3. The number of benzene rings is 1. The van der Waals surface area contributed by atoms with Gasteiger partial charge in [-0.2, -0.15) is 11.8 Å². The van der Waals surface area contributed by atoms with Gasteiger partial charge in [0.1, 0.15) is 12.4 Å². The van der Waals surface area contributed by atoms with Crippen LogP contribution in [0, 0.1) is 20.8 Å². The molecule has 172 valence electrons. The summed E-state index contributed by atoms with van der Waals surface area (Å²) >= 11 is 1.98. The summed E-state index contributed by atoms with van der Waals surface area (Å²) in [5.41, 5.74) is 7.39. The van der Waals surface area contributed by atoms with Crippen molar-refractivity contribution in [2.45, 2.75) is 91.7 Å². The van der Waals surface area contributed by atoms with E-state index in [1.54, 1.807) is 0 Å². The number of nitrogens with zero attached hydrogens (tertiary/aromatic N) is 1. The molecule has 0 spiro atoms. The van der Waals surface area contributed by atoms with Crippen molar-refractivity contribution in [2.24, 2.45) is 5.16 Å². The summed E-state index contributed by atoms with van der Waals surface area (Å²) in [6, 6.07) is 2.25. The summed E-state index contributed by atoms with van der Waals surface area (Å²) in [5.74, 6) is 2.31. The fraction of sp³-hybridized carbons (Fsp3) is 0.615. The number of allylic oxidation sites excluding steroid dienone is 2. The van der Waals surface area contributed by atoms with Crippen molar-refractivity contribution in [3.8, 4) is 0 Å². The number of hydrogen-bond acceptors (Lipinski definition) is 5. The zero-order valence-electron chi connectivity index (χ0n) is 20.1. The summed E-state index contributed by atoms with van der Waals surface area (Å²) in [7, 11) is 0. The summed E-state index contributed by atoms with van der Waals surface area (Å²) in [5, 5.41) is 15.0. The van der Waals surface area contributed by atoms with E-state index in [2.05, 4.69) is 38.9 Å². The van der Waals surface area contributed by atoms with E-state index in [-0.39, 0.29) is 17.5 Å². The van der Waals surface area contributed by atoms with E-state index in [0.29, 0.717) is 37.2 Å². The number of Topliss-reactive ketones (excluding diaryl/α,β-unsaturated/α-hetero) is 1. The molecule has 1 unspecified atom stereocenters. The molecule has 0 radical (unpaired) electrons. The smallest absolute Gasteiger partial charge is 0.168 e. The number of thioether (sulfide) groups is 1. The minimum absolute atomic E-state index is 0.00575. The van der Waals surface area contributed by atoms with Crippen LogP contribution in [0.1, 0.15) is 93.0 Å². The van der Waals surface area contributed by atoms with Crippen molar-refractivity contribution >= 4 is 23.3 Å². The van der Waals surface area contributed by atoms with Crippen molar-refractivity contribution in [3.05, 3.63) is 45.2 Å². The van der Waals surface area contributed by atoms with Gasteiger partial charge in [-0.05, 0) is 80.0 Å². The summed E-state index contributed by atoms with van der Waals surface area (Å²) in [6.45, 7) is 13.1. The lowest BCUT2D eigenvalue weighted by Gasteiger charge is -2.28. The van der Waals surface area contributed by atoms with Crippen LogP contribution in [0.25, 0.3) is 0 Å². The zero-order chi connectivity index (χ0) is 23.0. The van der Waals surface area contributed by atoms with E-state index in [1.165, 1.54) is 46.4 Å². The SMILES string of the molecule is CCCCSCc1c(C)cc(C)c(C2CC(=O)C(/C(CCC)=N/OCC)=C(O)C2)c1C. The second-order valence-corrected chi connectivity index (χ2v) is 9.59. The van der Waals surface area contributed by atoms with Crippen molar-refractivity contribution in [1.82, 2.24) is 0 Å². The van der Waals surface area contributed by atoms with Gasteiger partial charge in [0.2, 0.25) is 0 Å². The summed E-state index contributed by atoms with van der Waals surface area (Å²) < 4.78 is 0. The molecular weight excluding hydrogens is 406 g/mol. The minimum atomic E-state index is -0.0288. The van der Waals surface area contributed by atoms with E-state index in [9.17, 15) is 9.90 Å². The molecule has 0 heterocycles. The third-order valence-corrected chi connectivity index (χ3v) is 7.08. The Morgan fingerprint density at radius 1 is 1.16 bits per heavy atom. The molecule has 0 amide bonds. The van der Waals surface area contributed by atoms with Crippen LogP contribution in [0.3, 0.4) is 0 Å². The fourth-order valence-corrected chi connectivity index (χ4v) is 5.82. The van der Waals surface area contributed by atoms with E-state index in [0.717, 1.165) is 12.2 Å². The maximum atomic E-state index is 13.1. The van der Waals surface area contributed by atoms with E-state index >= 15 is 0 Å². The molecule has 1 N–H and O–H groups in total. The number of rotatable bonds is 11. The van der Waals surface area contributed by atoms with Crippen LogP contribution < -0.4 is 0 Å². The third-order valence-electron chi connectivity index (χ3n) is 6.01. The number of ketones is 1. The van der Waals surface area contributed by atoms with E-state index in [1.807, 2.05) is 25.6 Å². The first-order valence-electron chi connectivity index (χ1n) is 11.7. The number of hydrogen-bond donors (Lipinski definition) is 1. The highest BCUT2D eigenvalue weighted by molar-refractivity contribution is 7.98. The first kappa shape index (κ1) is 25.5. The number of carbonyl (C=O) groups excluding carboxylic acids is 1. The largest absolute Gasteiger partial charge is 0.511 e. The lowest BCUT2D eigenvalue weighted by molar-refractivity contribution is -0.116. The average Bonchev–Trinajstić information content (AvgIpc) is 2.70. The number of carbonyl (C=O) groups is 1. The second kappa shape index (κ2) is 12.3. The first-order valence-corrected chi connectivity index (χ1v) is 12.8. The van der Waals surface area contributed by atoms with Gasteiger partial charge in [-0.3, -0.25) is 4.79 Å². The molecule has 0 aliphatic heterocycles. The maximum Gasteiger partial charge on any atom is 0.168 e. The fourth-order valence-electron chi connectivity index (χ4n) is 4.54. The lowest BCUT2D eigenvalue weighted by atomic mass is 9.77. The number of aryl methyl sites for hydroxylation is 2. The van der Waals surface area contributed by atoms with Crippen LogP contribution in [0.5, 0.6) is 0 Å². The van der Waals surface area contributed by atoms with Gasteiger partial charge in [-0.15, -0.1) is 0 Å². The Bertz CT molecular complexity index is 842. The van der Waals surface area contributed by atoms with Gasteiger partial charge in [-0.1, -0.05) is 37.9 Å². The van der Waals surface area contributed by atoms with Crippen molar-refractivity contribution in [1.29, 1.82) is 0 Å². The number of unbranched alkanes of at least 4 members (excludes halogenated alkanes) is 1. The molecule has 0 saturated heterocycles. The molecule has 1 aliphatic rings. The third kappa shape index (κ3) is 6.38. The topological polar surface area (TPSA) is 58.9 Å². The predicted molar refractivity (Wildman–Crippen MR) is 132 cm³/mol. The Hall–Kier alpha value is -1.75. The van der Waals surface area contributed by atoms with Gasteiger partial charge in [0.15, 0.2) is 5.78 Å².